The van der Waals surface area contributed by atoms with Crippen LogP contribution in [0.4, 0.5) is 5.69 Å². The summed E-state index contributed by atoms with van der Waals surface area (Å²) in [6.07, 6.45) is 0. The molecule has 0 aliphatic carbocycles. The third-order valence-electron chi connectivity index (χ3n) is 5.11. The van der Waals surface area contributed by atoms with Gasteiger partial charge in [0.2, 0.25) is 0 Å². The van der Waals surface area contributed by atoms with E-state index in [2.05, 4.69) is 21.9 Å². The van der Waals surface area contributed by atoms with Crippen molar-refractivity contribution in [3.05, 3.63) is 95.4 Å². The topological polar surface area (TPSA) is 52.8 Å². The van der Waals surface area contributed by atoms with Gasteiger partial charge in [0, 0.05) is 12.1 Å². The van der Waals surface area contributed by atoms with Gasteiger partial charge in [0.25, 0.3) is 0 Å². The summed E-state index contributed by atoms with van der Waals surface area (Å²) < 4.78 is 12.7. The summed E-state index contributed by atoms with van der Waals surface area (Å²) in [5.41, 5.74) is 5.12. The van der Waals surface area contributed by atoms with Gasteiger partial charge in [-0.3, -0.25) is 0 Å². The van der Waals surface area contributed by atoms with Crippen molar-refractivity contribution < 1.29 is 9.47 Å². The summed E-state index contributed by atoms with van der Waals surface area (Å²) in [5, 5.41) is 3.34. The first kappa shape index (κ1) is 19.5. The van der Waals surface area contributed by atoms with Crippen LogP contribution in [0.5, 0.6) is 11.5 Å². The molecule has 30 heavy (non-hydrogen) atoms. The molecule has 0 spiro atoms. The van der Waals surface area contributed by atoms with Gasteiger partial charge in [-0.1, -0.05) is 30.3 Å². The van der Waals surface area contributed by atoms with Crippen molar-refractivity contribution in [1.82, 2.24) is 4.57 Å². The quantitative estimate of drug-likeness (QED) is 0.344. The van der Waals surface area contributed by atoms with Crippen LogP contribution in [0.15, 0.2) is 90.1 Å². The zero-order chi connectivity index (χ0) is 20.9. The van der Waals surface area contributed by atoms with Crippen LogP contribution in [0.2, 0.25) is 0 Å². The van der Waals surface area contributed by atoms with E-state index in [4.69, 9.17) is 9.47 Å². The normalized spacial score (nSPS) is 10.6. The molecule has 4 aromatic rings. The first-order valence-corrected chi connectivity index (χ1v) is 9.63. The van der Waals surface area contributed by atoms with E-state index in [-0.39, 0.29) is 0 Å². The molecule has 3 aromatic carbocycles. The van der Waals surface area contributed by atoms with Crippen molar-refractivity contribution in [2.45, 2.75) is 6.54 Å². The summed E-state index contributed by atoms with van der Waals surface area (Å²) in [6, 6.07) is 27.5. The van der Waals surface area contributed by atoms with Crippen LogP contribution < -0.4 is 9.47 Å². The van der Waals surface area contributed by atoms with Crippen molar-refractivity contribution in [1.29, 1.82) is 0 Å². The van der Waals surface area contributed by atoms with Crippen molar-refractivity contribution in [3.63, 3.8) is 0 Å². The molecule has 4 rings (SSSR count). The van der Waals surface area contributed by atoms with Gasteiger partial charge in [-0.25, -0.2) is 0 Å². The van der Waals surface area contributed by atoms with Crippen molar-refractivity contribution in [2.24, 2.45) is 5.18 Å². The lowest BCUT2D eigenvalue weighted by molar-refractivity contribution is 0.415. The van der Waals surface area contributed by atoms with Gasteiger partial charge in [-0.05, 0) is 70.9 Å². The minimum atomic E-state index is 0.405. The molecule has 5 heteroatoms. The minimum absolute atomic E-state index is 0.405. The Hall–Kier alpha value is -3.86. The Balaban J connectivity index is 1.90. The molecule has 0 amide bonds. The summed E-state index contributed by atoms with van der Waals surface area (Å²) in [6.45, 7) is 0.610. The second-order valence-electron chi connectivity index (χ2n) is 6.88. The van der Waals surface area contributed by atoms with Crippen LogP contribution in [-0.4, -0.2) is 18.8 Å². The lowest BCUT2D eigenvalue weighted by Crippen LogP contribution is -2.04. The smallest absolute Gasteiger partial charge is 0.134 e. The molecule has 0 aliphatic rings. The van der Waals surface area contributed by atoms with Gasteiger partial charge in [-0.2, -0.15) is 0 Å². The summed E-state index contributed by atoms with van der Waals surface area (Å²) in [4.78, 5) is 11.8. The largest absolute Gasteiger partial charge is 0.497 e. The zero-order valence-corrected chi connectivity index (χ0v) is 16.9. The molecule has 5 nitrogen and oxygen atoms in total. The Morgan fingerprint density at radius 3 is 1.87 bits per heavy atom. The van der Waals surface area contributed by atoms with Gasteiger partial charge < -0.3 is 14.0 Å². The van der Waals surface area contributed by atoms with Gasteiger partial charge in [0.15, 0.2) is 0 Å². The molecule has 0 fully saturated rings. The predicted octanol–water partition coefficient (Wildman–Crippen LogP) is 6.29. The van der Waals surface area contributed by atoms with E-state index in [1.54, 1.807) is 14.2 Å². The highest BCUT2D eigenvalue weighted by Gasteiger charge is 2.19. The maximum atomic E-state index is 11.8. The Kier molecular flexibility index (Phi) is 5.61. The van der Waals surface area contributed by atoms with Crippen LogP contribution in [0.1, 0.15) is 5.56 Å². The van der Waals surface area contributed by atoms with Crippen LogP contribution >= 0.6 is 0 Å². The Morgan fingerprint density at radius 2 is 1.33 bits per heavy atom. The molecular weight excluding hydrogens is 376 g/mol. The maximum Gasteiger partial charge on any atom is 0.134 e. The number of benzene rings is 3. The molecule has 0 atom stereocenters. The van der Waals surface area contributed by atoms with Crippen LogP contribution in [0, 0.1) is 4.91 Å². The van der Waals surface area contributed by atoms with E-state index in [0.717, 1.165) is 39.6 Å². The molecule has 150 valence electrons. The Morgan fingerprint density at radius 1 is 0.767 bits per heavy atom. The van der Waals surface area contributed by atoms with E-state index >= 15 is 0 Å². The van der Waals surface area contributed by atoms with E-state index in [9.17, 15) is 4.91 Å². The average molecular weight is 398 g/mol. The minimum Gasteiger partial charge on any atom is -0.497 e. The molecule has 0 saturated heterocycles. The number of hydrogen-bond donors (Lipinski definition) is 0. The summed E-state index contributed by atoms with van der Waals surface area (Å²) in [7, 11) is 3.27. The molecule has 1 aromatic heterocycles. The fraction of sp³-hybridized carbons (Fsp3) is 0.120. The van der Waals surface area contributed by atoms with E-state index < -0.39 is 0 Å². The van der Waals surface area contributed by atoms with Gasteiger partial charge in [0.1, 0.15) is 17.2 Å². The van der Waals surface area contributed by atoms with E-state index in [1.165, 1.54) is 0 Å². The van der Waals surface area contributed by atoms with Gasteiger partial charge in [-0.15, -0.1) is 4.91 Å². The number of rotatable bonds is 7. The van der Waals surface area contributed by atoms with Gasteiger partial charge >= 0.3 is 0 Å². The van der Waals surface area contributed by atoms with Crippen LogP contribution in [-0.2, 0) is 6.54 Å². The third kappa shape index (κ3) is 3.82. The number of ether oxygens (including phenoxy) is 2. The third-order valence-corrected chi connectivity index (χ3v) is 5.11. The molecule has 0 bridgehead atoms. The van der Waals surface area contributed by atoms with Crippen molar-refractivity contribution in [2.75, 3.05) is 14.2 Å². The number of nitrogens with zero attached hydrogens (tertiary/aromatic N) is 2. The molecular formula is C25H22N2O3. The van der Waals surface area contributed by atoms with Crippen molar-refractivity contribution in [3.8, 4) is 34.0 Å². The lowest BCUT2D eigenvalue weighted by atomic mass is 10.1. The Labute approximate surface area is 175 Å². The van der Waals surface area contributed by atoms with Crippen molar-refractivity contribution >= 4 is 5.69 Å². The highest BCUT2D eigenvalue weighted by Crippen LogP contribution is 2.39. The molecule has 0 radical (unpaired) electrons. The standard InChI is InChI=1S/C25H22N2O3/c1-29-21-12-8-19(9-13-21)24-16-23(26-28)25(20-10-14-22(30-2)15-11-20)27(24)17-18-6-4-3-5-7-18/h3-16H,17H2,1-2H3. The first-order valence-electron chi connectivity index (χ1n) is 9.63. The second kappa shape index (κ2) is 8.66. The summed E-state index contributed by atoms with van der Waals surface area (Å²) >= 11 is 0. The molecule has 1 heterocycles. The monoisotopic (exact) mass is 398 g/mol. The second-order valence-corrected chi connectivity index (χ2v) is 6.88. The number of aromatic nitrogens is 1. The van der Waals surface area contributed by atoms with E-state index in [0.29, 0.717) is 12.2 Å². The predicted molar refractivity (Wildman–Crippen MR) is 119 cm³/mol. The zero-order valence-electron chi connectivity index (χ0n) is 16.9. The average Bonchev–Trinajstić information content (AvgIpc) is 3.18. The van der Waals surface area contributed by atoms with Gasteiger partial charge in [0.05, 0.1) is 25.6 Å². The van der Waals surface area contributed by atoms with Crippen LogP contribution in [0.3, 0.4) is 0 Å². The summed E-state index contributed by atoms with van der Waals surface area (Å²) in [5.74, 6) is 1.54. The van der Waals surface area contributed by atoms with E-state index in [1.807, 2.05) is 72.8 Å². The molecule has 0 aliphatic heterocycles. The first-order chi connectivity index (χ1) is 14.7. The SMILES string of the molecule is COc1ccc(-c2cc(N=O)c(-c3ccc(OC)cc3)n2Cc2ccccc2)cc1. The highest BCUT2D eigenvalue weighted by molar-refractivity contribution is 5.81. The number of hydrogen-bond acceptors (Lipinski definition) is 4. The number of nitroso groups, excluding NO2 is 1. The maximum absolute atomic E-state index is 11.8. The number of methoxy groups -OCH3 is 2. The fourth-order valence-electron chi connectivity index (χ4n) is 3.59. The van der Waals surface area contributed by atoms with Crippen LogP contribution in [0.25, 0.3) is 22.5 Å². The molecule has 0 unspecified atom stereocenters. The lowest BCUT2D eigenvalue weighted by Gasteiger charge is -2.15. The molecule has 0 N–H and O–H groups in total. The fourth-order valence-corrected chi connectivity index (χ4v) is 3.59. The highest BCUT2D eigenvalue weighted by atomic mass is 16.5. The molecule has 0 saturated carbocycles. The Bertz CT molecular complexity index is 1130.